The van der Waals surface area contributed by atoms with Gasteiger partial charge in [-0.25, -0.2) is 9.59 Å². The van der Waals surface area contributed by atoms with Gasteiger partial charge in [-0.2, -0.15) is 0 Å². The number of nitrogens with zero attached hydrogens (tertiary/aromatic N) is 4. The number of carbonyl (C=O) groups excluding carboxylic acids is 2. The molecule has 0 saturated carbocycles. The van der Waals surface area contributed by atoms with Crippen molar-refractivity contribution in [1.82, 2.24) is 14.7 Å². The Balaban J connectivity index is 1.33. The van der Waals surface area contributed by atoms with Crippen LogP contribution in [0, 0.1) is 17.8 Å². The molecule has 4 rings (SSSR count). The van der Waals surface area contributed by atoms with Crippen LogP contribution < -0.4 is 4.90 Å². The highest BCUT2D eigenvalue weighted by molar-refractivity contribution is 5.95. The SMILES string of the molecule is CC#CCOC(=O)N1CC[C@H](CN2CCC3(CC2)CN(C(=O)N(C)C)c2ccccc23)C1. The molecule has 1 aromatic rings. The molecule has 0 bridgehead atoms. The summed E-state index contributed by atoms with van der Waals surface area (Å²) in [6.45, 7) is 7.24. The monoisotopic (exact) mass is 438 g/mol. The first kappa shape index (κ1) is 22.5. The number of hydrogen-bond donors (Lipinski definition) is 0. The summed E-state index contributed by atoms with van der Waals surface area (Å²) in [5.74, 6) is 6.00. The van der Waals surface area contributed by atoms with Gasteiger partial charge in [0.2, 0.25) is 0 Å². The molecule has 1 aromatic carbocycles. The molecule has 1 atom stereocenters. The quantitative estimate of drug-likeness (QED) is 0.681. The molecular formula is C25H34N4O3. The minimum absolute atomic E-state index is 0.0462. The number of benzene rings is 1. The number of amides is 3. The molecule has 3 heterocycles. The summed E-state index contributed by atoms with van der Waals surface area (Å²) < 4.78 is 5.21. The van der Waals surface area contributed by atoms with E-state index in [0.29, 0.717) is 5.92 Å². The summed E-state index contributed by atoms with van der Waals surface area (Å²) in [5.41, 5.74) is 2.43. The number of urea groups is 1. The molecule has 0 unspecified atom stereocenters. The Bertz CT molecular complexity index is 911. The van der Waals surface area contributed by atoms with Crippen molar-refractivity contribution in [3.63, 3.8) is 0 Å². The average Bonchev–Trinajstić information content (AvgIpc) is 3.39. The Morgan fingerprint density at radius 1 is 1.19 bits per heavy atom. The number of hydrogen-bond acceptors (Lipinski definition) is 4. The van der Waals surface area contributed by atoms with E-state index in [1.807, 2.05) is 30.0 Å². The minimum Gasteiger partial charge on any atom is -0.436 e. The first-order valence-corrected chi connectivity index (χ1v) is 11.6. The maximum absolute atomic E-state index is 12.8. The number of piperidine rings is 1. The van der Waals surface area contributed by atoms with Crippen LogP contribution in [0.4, 0.5) is 15.3 Å². The molecule has 1 spiro atoms. The third-order valence-corrected chi connectivity index (χ3v) is 7.16. The highest BCUT2D eigenvalue weighted by atomic mass is 16.6. The normalized spacial score (nSPS) is 21.8. The van der Waals surface area contributed by atoms with Crippen molar-refractivity contribution >= 4 is 17.8 Å². The molecule has 32 heavy (non-hydrogen) atoms. The van der Waals surface area contributed by atoms with E-state index in [2.05, 4.69) is 34.9 Å². The van der Waals surface area contributed by atoms with Crippen molar-refractivity contribution < 1.29 is 14.3 Å². The summed E-state index contributed by atoms with van der Waals surface area (Å²) in [5, 5.41) is 0. The van der Waals surface area contributed by atoms with Gasteiger partial charge >= 0.3 is 12.1 Å². The first-order valence-electron chi connectivity index (χ1n) is 11.6. The Morgan fingerprint density at radius 3 is 2.66 bits per heavy atom. The third-order valence-electron chi connectivity index (χ3n) is 7.16. The van der Waals surface area contributed by atoms with Crippen molar-refractivity contribution in [3.05, 3.63) is 29.8 Å². The van der Waals surface area contributed by atoms with E-state index in [0.717, 1.165) is 64.2 Å². The van der Waals surface area contributed by atoms with Crippen LogP contribution in [0.5, 0.6) is 0 Å². The fourth-order valence-corrected chi connectivity index (χ4v) is 5.41. The zero-order valence-electron chi connectivity index (χ0n) is 19.5. The van der Waals surface area contributed by atoms with Gasteiger partial charge in [-0.05, 0) is 56.8 Å². The Kier molecular flexibility index (Phi) is 6.61. The fraction of sp³-hybridized carbons (Fsp3) is 0.600. The molecule has 3 aliphatic rings. The van der Waals surface area contributed by atoms with Gasteiger partial charge in [-0.3, -0.25) is 4.90 Å². The maximum Gasteiger partial charge on any atom is 0.410 e. The molecular weight excluding hydrogens is 404 g/mol. The van der Waals surface area contributed by atoms with E-state index in [1.165, 1.54) is 5.56 Å². The van der Waals surface area contributed by atoms with Gasteiger partial charge in [0.1, 0.15) is 0 Å². The fourth-order valence-electron chi connectivity index (χ4n) is 5.41. The van der Waals surface area contributed by atoms with Gasteiger partial charge in [0.15, 0.2) is 6.61 Å². The zero-order valence-corrected chi connectivity index (χ0v) is 19.5. The van der Waals surface area contributed by atoms with E-state index < -0.39 is 0 Å². The molecule has 3 amide bonds. The summed E-state index contributed by atoms with van der Waals surface area (Å²) in [6, 6.07) is 8.45. The van der Waals surface area contributed by atoms with Crippen molar-refractivity contribution in [2.24, 2.45) is 5.92 Å². The van der Waals surface area contributed by atoms with Gasteiger partial charge in [-0.15, -0.1) is 5.92 Å². The lowest BCUT2D eigenvalue weighted by atomic mass is 9.74. The largest absolute Gasteiger partial charge is 0.436 e. The molecule has 2 saturated heterocycles. The van der Waals surface area contributed by atoms with Gasteiger partial charge in [0.25, 0.3) is 0 Å². The van der Waals surface area contributed by atoms with Crippen LogP contribution in [-0.2, 0) is 10.2 Å². The molecule has 3 aliphatic heterocycles. The van der Waals surface area contributed by atoms with Gasteiger partial charge < -0.3 is 19.4 Å². The van der Waals surface area contributed by atoms with Crippen LogP contribution in [0.1, 0.15) is 31.7 Å². The minimum atomic E-state index is -0.249. The number of fused-ring (bicyclic) bond motifs is 2. The molecule has 172 valence electrons. The molecule has 7 heteroatoms. The number of ether oxygens (including phenoxy) is 1. The van der Waals surface area contributed by atoms with Crippen molar-refractivity contribution in [2.45, 2.75) is 31.6 Å². The molecule has 7 nitrogen and oxygen atoms in total. The van der Waals surface area contributed by atoms with Crippen molar-refractivity contribution in [1.29, 1.82) is 0 Å². The molecule has 0 aliphatic carbocycles. The standard InChI is InChI=1S/C25H34N4O3/c1-4-5-16-32-24(31)28-13-10-20(18-28)17-27-14-11-25(12-15-27)19-29(23(30)26(2)3)22-9-7-6-8-21(22)25/h6-9,20H,10-19H2,1-3H3/t20-/m1/s1. The van der Waals surface area contributed by atoms with Gasteiger partial charge in [0, 0.05) is 51.4 Å². The third kappa shape index (κ3) is 4.42. The van der Waals surface area contributed by atoms with E-state index in [9.17, 15) is 9.59 Å². The molecule has 0 radical (unpaired) electrons. The lowest BCUT2D eigenvalue weighted by Gasteiger charge is -2.40. The number of anilines is 1. The molecule has 0 N–H and O–H groups in total. The zero-order chi connectivity index (χ0) is 22.7. The van der Waals surface area contributed by atoms with E-state index in [-0.39, 0.29) is 24.1 Å². The second-order valence-corrected chi connectivity index (χ2v) is 9.44. The van der Waals surface area contributed by atoms with Crippen LogP contribution in [0.2, 0.25) is 0 Å². The van der Waals surface area contributed by atoms with E-state index >= 15 is 0 Å². The second-order valence-electron chi connectivity index (χ2n) is 9.44. The number of para-hydroxylation sites is 1. The summed E-state index contributed by atoms with van der Waals surface area (Å²) in [7, 11) is 3.63. The first-order chi connectivity index (χ1) is 15.4. The Labute approximate surface area is 191 Å². The predicted octanol–water partition coefficient (Wildman–Crippen LogP) is 3.00. The summed E-state index contributed by atoms with van der Waals surface area (Å²) in [4.78, 5) is 32.9. The van der Waals surface area contributed by atoms with Crippen LogP contribution in [-0.4, -0.2) is 86.8 Å². The van der Waals surface area contributed by atoms with Gasteiger partial charge in [-0.1, -0.05) is 24.1 Å². The summed E-state index contributed by atoms with van der Waals surface area (Å²) in [6.07, 6.45) is 2.87. The lowest BCUT2D eigenvalue weighted by Crippen LogP contribution is -2.48. The Hall–Kier alpha value is -2.72. The number of rotatable bonds is 3. The molecule has 0 aromatic heterocycles. The topological polar surface area (TPSA) is 56.3 Å². The van der Waals surface area contributed by atoms with Crippen LogP contribution in [0.3, 0.4) is 0 Å². The van der Waals surface area contributed by atoms with Crippen LogP contribution >= 0.6 is 0 Å². The lowest BCUT2D eigenvalue weighted by molar-refractivity contribution is 0.117. The summed E-state index contributed by atoms with van der Waals surface area (Å²) >= 11 is 0. The van der Waals surface area contributed by atoms with Crippen LogP contribution in [0.15, 0.2) is 24.3 Å². The number of carbonyl (C=O) groups is 2. The second kappa shape index (κ2) is 9.41. The molecule has 2 fully saturated rings. The maximum atomic E-state index is 12.8. The Morgan fingerprint density at radius 2 is 1.94 bits per heavy atom. The highest BCUT2D eigenvalue weighted by Crippen LogP contribution is 2.47. The van der Waals surface area contributed by atoms with Crippen molar-refractivity contribution in [3.8, 4) is 11.8 Å². The number of likely N-dealkylation sites (tertiary alicyclic amines) is 2. The predicted molar refractivity (Wildman–Crippen MR) is 125 cm³/mol. The highest BCUT2D eigenvalue weighted by Gasteiger charge is 2.46. The average molecular weight is 439 g/mol. The van der Waals surface area contributed by atoms with Crippen molar-refractivity contribution in [2.75, 3.05) is 64.9 Å². The smallest absolute Gasteiger partial charge is 0.410 e. The van der Waals surface area contributed by atoms with Crippen LogP contribution in [0.25, 0.3) is 0 Å². The van der Waals surface area contributed by atoms with E-state index in [1.54, 1.807) is 11.8 Å². The van der Waals surface area contributed by atoms with Gasteiger partial charge in [0.05, 0.1) is 0 Å². The van der Waals surface area contributed by atoms with E-state index in [4.69, 9.17) is 4.74 Å².